The summed E-state index contributed by atoms with van der Waals surface area (Å²) in [4.78, 5) is 30.4. The zero-order valence-electron chi connectivity index (χ0n) is 20.4. The molecule has 1 fully saturated rings. The van der Waals surface area contributed by atoms with Gasteiger partial charge in [-0.15, -0.1) is 0 Å². The van der Waals surface area contributed by atoms with Crippen LogP contribution in [0.2, 0.25) is 0 Å². The van der Waals surface area contributed by atoms with Gasteiger partial charge in [-0.1, -0.05) is 18.6 Å². The first-order chi connectivity index (χ1) is 17.0. The molecule has 0 saturated carbocycles. The molecule has 8 nitrogen and oxygen atoms in total. The molecule has 35 heavy (non-hydrogen) atoms. The summed E-state index contributed by atoms with van der Waals surface area (Å²) in [6, 6.07) is 7.41. The maximum atomic E-state index is 13.0. The Labute approximate surface area is 206 Å². The third-order valence-electron chi connectivity index (χ3n) is 6.12. The number of aryl methyl sites for hydroxylation is 1. The van der Waals surface area contributed by atoms with Gasteiger partial charge in [-0.2, -0.15) is 0 Å². The standard InChI is InChI=1S/C27H31N7O/c1-4-23(8-7-18(2)20-9-12-29-15-20)32-26(35)22-14-25(19(3)31-17-22)34-27-30-13-10-24(33-27)21-6-5-11-28-16-21/h5-8,10-11,13-14,16-17,20,29H,4,9,12,15H2,1-3H3,(H,32,35)(H,30,33,34)/b18-7+,23-8+. The molecule has 1 aliphatic heterocycles. The van der Waals surface area contributed by atoms with Crippen LogP contribution in [0.25, 0.3) is 11.3 Å². The molecule has 1 aliphatic rings. The molecule has 180 valence electrons. The van der Waals surface area contributed by atoms with Crippen LogP contribution in [0.3, 0.4) is 0 Å². The number of allylic oxidation sites excluding steroid dienone is 3. The zero-order chi connectivity index (χ0) is 24.6. The van der Waals surface area contributed by atoms with Crippen molar-refractivity contribution in [2.45, 2.75) is 33.6 Å². The Balaban J connectivity index is 1.48. The van der Waals surface area contributed by atoms with E-state index in [1.165, 1.54) is 5.57 Å². The highest BCUT2D eigenvalue weighted by Crippen LogP contribution is 2.21. The van der Waals surface area contributed by atoms with E-state index >= 15 is 0 Å². The Hall–Kier alpha value is -3.91. The molecule has 4 rings (SSSR count). The van der Waals surface area contributed by atoms with E-state index in [1.54, 1.807) is 30.9 Å². The van der Waals surface area contributed by atoms with Crippen LogP contribution in [0.1, 0.15) is 42.7 Å². The minimum Gasteiger partial charge on any atom is -0.326 e. The molecule has 4 heterocycles. The van der Waals surface area contributed by atoms with Crippen molar-refractivity contribution in [2.75, 3.05) is 18.4 Å². The van der Waals surface area contributed by atoms with Crippen LogP contribution in [-0.4, -0.2) is 38.9 Å². The van der Waals surface area contributed by atoms with Gasteiger partial charge < -0.3 is 16.0 Å². The molecule has 0 aliphatic carbocycles. The topological polar surface area (TPSA) is 105 Å². The minimum absolute atomic E-state index is 0.202. The van der Waals surface area contributed by atoms with Crippen molar-refractivity contribution in [1.82, 2.24) is 30.6 Å². The SMILES string of the molecule is CC/C(=C\C=C(/C)C1CCNC1)NC(=O)c1cnc(C)c(Nc2nccc(-c3cccnc3)n2)c1. The van der Waals surface area contributed by atoms with Crippen LogP contribution in [0.15, 0.2) is 72.5 Å². The number of pyridine rings is 2. The highest BCUT2D eigenvalue weighted by atomic mass is 16.1. The third-order valence-corrected chi connectivity index (χ3v) is 6.12. The van der Waals surface area contributed by atoms with Crippen molar-refractivity contribution in [3.05, 3.63) is 83.7 Å². The molecule has 0 radical (unpaired) electrons. The lowest BCUT2D eigenvalue weighted by atomic mass is 9.99. The van der Waals surface area contributed by atoms with Crippen LogP contribution in [0.4, 0.5) is 11.6 Å². The molecule has 1 amide bonds. The fraction of sp³-hybridized carbons (Fsp3) is 0.296. The van der Waals surface area contributed by atoms with E-state index < -0.39 is 0 Å². The van der Waals surface area contributed by atoms with Gasteiger partial charge in [0.25, 0.3) is 5.91 Å². The Bertz CT molecular complexity index is 1230. The number of nitrogens with one attached hydrogen (secondary N) is 3. The van der Waals surface area contributed by atoms with E-state index in [4.69, 9.17) is 0 Å². The number of aromatic nitrogens is 4. The molecule has 1 atom stereocenters. The molecule has 3 aromatic heterocycles. The summed E-state index contributed by atoms with van der Waals surface area (Å²) < 4.78 is 0. The summed E-state index contributed by atoms with van der Waals surface area (Å²) in [5, 5.41) is 9.62. The Morgan fingerprint density at radius 3 is 2.83 bits per heavy atom. The molecule has 3 aromatic rings. The number of rotatable bonds is 8. The summed E-state index contributed by atoms with van der Waals surface area (Å²) in [6.07, 6.45) is 12.7. The van der Waals surface area contributed by atoms with Gasteiger partial charge >= 0.3 is 0 Å². The van der Waals surface area contributed by atoms with Gasteiger partial charge in [0.05, 0.1) is 22.6 Å². The average molecular weight is 470 g/mol. The van der Waals surface area contributed by atoms with Crippen molar-refractivity contribution in [1.29, 1.82) is 0 Å². The second-order valence-corrected chi connectivity index (χ2v) is 8.59. The first kappa shape index (κ1) is 24.2. The largest absolute Gasteiger partial charge is 0.326 e. The molecular weight excluding hydrogens is 438 g/mol. The van der Waals surface area contributed by atoms with Crippen LogP contribution in [0, 0.1) is 12.8 Å². The number of carbonyl (C=O) groups excluding carboxylic acids is 1. The number of nitrogens with zero attached hydrogens (tertiary/aromatic N) is 4. The predicted octanol–water partition coefficient (Wildman–Crippen LogP) is 4.57. The summed E-state index contributed by atoms with van der Waals surface area (Å²) in [5.41, 5.74) is 5.72. The monoisotopic (exact) mass is 469 g/mol. The molecule has 0 aromatic carbocycles. The van der Waals surface area contributed by atoms with E-state index in [-0.39, 0.29) is 5.91 Å². The van der Waals surface area contributed by atoms with Crippen LogP contribution in [-0.2, 0) is 0 Å². The van der Waals surface area contributed by atoms with Gasteiger partial charge in [0, 0.05) is 42.6 Å². The molecule has 0 spiro atoms. The van der Waals surface area contributed by atoms with E-state index in [9.17, 15) is 4.79 Å². The summed E-state index contributed by atoms with van der Waals surface area (Å²) in [7, 11) is 0. The van der Waals surface area contributed by atoms with Gasteiger partial charge in [-0.05, 0) is 69.5 Å². The van der Waals surface area contributed by atoms with Crippen molar-refractivity contribution in [3.63, 3.8) is 0 Å². The smallest absolute Gasteiger partial charge is 0.257 e. The second-order valence-electron chi connectivity index (χ2n) is 8.59. The fourth-order valence-corrected chi connectivity index (χ4v) is 3.88. The molecular formula is C27H31N7O. The van der Waals surface area contributed by atoms with Crippen LogP contribution < -0.4 is 16.0 Å². The Kier molecular flexibility index (Phi) is 7.95. The molecule has 0 bridgehead atoms. The van der Waals surface area contributed by atoms with Gasteiger partial charge in [0.2, 0.25) is 5.95 Å². The fourth-order valence-electron chi connectivity index (χ4n) is 3.88. The number of hydrogen-bond acceptors (Lipinski definition) is 7. The lowest BCUT2D eigenvalue weighted by molar-refractivity contribution is 0.0964. The van der Waals surface area contributed by atoms with E-state index in [2.05, 4.69) is 48.9 Å². The third kappa shape index (κ3) is 6.36. The summed E-state index contributed by atoms with van der Waals surface area (Å²) in [5.74, 6) is 0.783. The van der Waals surface area contributed by atoms with Gasteiger partial charge in [0.1, 0.15) is 0 Å². The van der Waals surface area contributed by atoms with Crippen molar-refractivity contribution in [3.8, 4) is 11.3 Å². The average Bonchev–Trinajstić information content (AvgIpc) is 3.43. The first-order valence-electron chi connectivity index (χ1n) is 11.9. The van der Waals surface area contributed by atoms with Crippen LogP contribution >= 0.6 is 0 Å². The van der Waals surface area contributed by atoms with Gasteiger partial charge in [0.15, 0.2) is 0 Å². The zero-order valence-corrected chi connectivity index (χ0v) is 20.4. The lowest BCUT2D eigenvalue weighted by Crippen LogP contribution is -2.23. The lowest BCUT2D eigenvalue weighted by Gasteiger charge is -2.12. The van der Waals surface area contributed by atoms with Gasteiger partial charge in [-0.25, -0.2) is 9.97 Å². The van der Waals surface area contributed by atoms with E-state index in [0.717, 1.165) is 48.6 Å². The highest BCUT2D eigenvalue weighted by molar-refractivity contribution is 5.96. The Morgan fingerprint density at radius 2 is 2.09 bits per heavy atom. The first-order valence-corrected chi connectivity index (χ1v) is 11.9. The highest BCUT2D eigenvalue weighted by Gasteiger charge is 2.15. The number of amides is 1. The molecule has 1 saturated heterocycles. The maximum absolute atomic E-state index is 13.0. The van der Waals surface area contributed by atoms with Crippen molar-refractivity contribution in [2.24, 2.45) is 5.92 Å². The predicted molar refractivity (Wildman–Crippen MR) is 138 cm³/mol. The van der Waals surface area contributed by atoms with E-state index in [1.807, 2.05) is 38.1 Å². The normalized spacial score (nSPS) is 16.3. The molecule has 8 heteroatoms. The van der Waals surface area contributed by atoms with Crippen molar-refractivity contribution >= 4 is 17.5 Å². The second kappa shape index (κ2) is 11.5. The number of carbonyl (C=O) groups is 1. The summed E-state index contributed by atoms with van der Waals surface area (Å²) in [6.45, 7) is 8.13. The number of hydrogen-bond donors (Lipinski definition) is 3. The number of anilines is 2. The summed E-state index contributed by atoms with van der Waals surface area (Å²) >= 11 is 0. The van der Waals surface area contributed by atoms with Crippen LogP contribution in [0.5, 0.6) is 0 Å². The van der Waals surface area contributed by atoms with Crippen molar-refractivity contribution < 1.29 is 4.79 Å². The van der Waals surface area contributed by atoms with E-state index in [0.29, 0.717) is 23.1 Å². The minimum atomic E-state index is -0.202. The molecule has 3 N–H and O–H groups in total. The Morgan fingerprint density at radius 1 is 1.20 bits per heavy atom. The maximum Gasteiger partial charge on any atom is 0.257 e. The quantitative estimate of drug-likeness (QED) is 0.415. The molecule has 1 unspecified atom stereocenters. The van der Waals surface area contributed by atoms with Gasteiger partial charge in [-0.3, -0.25) is 14.8 Å².